The summed E-state index contributed by atoms with van der Waals surface area (Å²) in [6, 6.07) is 4.30. The lowest BCUT2D eigenvalue weighted by molar-refractivity contribution is -0.115. The fourth-order valence-corrected chi connectivity index (χ4v) is 2.33. The van der Waals surface area contributed by atoms with E-state index in [9.17, 15) is 4.79 Å². The quantitative estimate of drug-likeness (QED) is 0.712. The highest BCUT2D eigenvalue weighted by Crippen LogP contribution is 2.19. The fraction of sp³-hybridized carbons (Fsp3) is 0.438. The smallest absolute Gasteiger partial charge is 0.162 e. The summed E-state index contributed by atoms with van der Waals surface area (Å²) in [7, 11) is 0. The predicted octanol–water partition coefficient (Wildman–Crippen LogP) is 4.08. The number of hydrogen-bond donors (Lipinski definition) is 0. The minimum atomic E-state index is 0.255. The van der Waals surface area contributed by atoms with Crippen LogP contribution in [-0.4, -0.2) is 5.78 Å². The molecule has 17 heavy (non-hydrogen) atoms. The van der Waals surface area contributed by atoms with Crippen molar-refractivity contribution in [3.8, 4) is 0 Å². The van der Waals surface area contributed by atoms with Crippen molar-refractivity contribution in [3.05, 3.63) is 46.0 Å². The van der Waals surface area contributed by atoms with Gasteiger partial charge in [0.1, 0.15) is 0 Å². The van der Waals surface area contributed by atoms with Gasteiger partial charge in [-0.3, -0.25) is 4.79 Å². The topological polar surface area (TPSA) is 17.1 Å². The molecule has 0 unspecified atom stereocenters. The second-order valence-electron chi connectivity index (χ2n) is 4.64. The van der Waals surface area contributed by atoms with Gasteiger partial charge in [-0.25, -0.2) is 0 Å². The Bertz CT molecular complexity index is 430. The third kappa shape index (κ3) is 3.29. The standard InChI is InChI=1S/C16H22O/c1-6-14(7-2)16(17)10-15-12(4)8-11(3)9-13(15)5/h6,8-9H,7,10H2,1-5H3. The summed E-state index contributed by atoms with van der Waals surface area (Å²) < 4.78 is 0. The third-order valence-electron chi connectivity index (χ3n) is 3.27. The number of allylic oxidation sites excluding steroid dienone is 2. The summed E-state index contributed by atoms with van der Waals surface area (Å²) in [5, 5.41) is 0. The molecule has 0 atom stereocenters. The number of hydrogen-bond acceptors (Lipinski definition) is 1. The van der Waals surface area contributed by atoms with Gasteiger partial charge in [-0.1, -0.05) is 30.7 Å². The molecule has 0 fully saturated rings. The molecule has 0 N–H and O–H groups in total. The maximum Gasteiger partial charge on any atom is 0.162 e. The maximum absolute atomic E-state index is 12.1. The molecule has 0 aliphatic rings. The van der Waals surface area contributed by atoms with Crippen molar-refractivity contribution in [2.45, 2.75) is 47.5 Å². The number of benzene rings is 1. The number of Topliss-reactive ketones (excluding diaryl/α,β-unsaturated/α-hetero) is 1. The molecule has 0 spiro atoms. The molecule has 0 aromatic heterocycles. The van der Waals surface area contributed by atoms with Crippen molar-refractivity contribution in [3.63, 3.8) is 0 Å². The Morgan fingerprint density at radius 1 is 1.18 bits per heavy atom. The first-order valence-electron chi connectivity index (χ1n) is 6.24. The van der Waals surface area contributed by atoms with Crippen molar-refractivity contribution < 1.29 is 4.79 Å². The Hall–Kier alpha value is -1.37. The van der Waals surface area contributed by atoms with Gasteiger partial charge in [-0.15, -0.1) is 0 Å². The molecule has 1 aromatic rings. The summed E-state index contributed by atoms with van der Waals surface area (Å²) in [4.78, 5) is 12.1. The molecule has 0 saturated carbocycles. The number of ketones is 1. The minimum absolute atomic E-state index is 0.255. The van der Waals surface area contributed by atoms with Crippen LogP contribution in [0.3, 0.4) is 0 Å². The molecule has 1 aromatic carbocycles. The average Bonchev–Trinajstić information content (AvgIpc) is 2.25. The molecule has 92 valence electrons. The van der Waals surface area contributed by atoms with Gasteiger partial charge in [0.25, 0.3) is 0 Å². The van der Waals surface area contributed by atoms with Gasteiger partial charge in [0.2, 0.25) is 0 Å². The first-order chi connectivity index (χ1) is 7.99. The van der Waals surface area contributed by atoms with E-state index in [1.54, 1.807) is 0 Å². The van der Waals surface area contributed by atoms with E-state index in [1.807, 2.05) is 19.9 Å². The van der Waals surface area contributed by atoms with E-state index in [0.29, 0.717) is 6.42 Å². The summed E-state index contributed by atoms with van der Waals surface area (Å²) in [5.74, 6) is 0.255. The summed E-state index contributed by atoms with van der Waals surface area (Å²) in [5.41, 5.74) is 5.83. The van der Waals surface area contributed by atoms with Gasteiger partial charge in [0.15, 0.2) is 5.78 Å². The Balaban J connectivity index is 3.00. The van der Waals surface area contributed by atoms with Gasteiger partial charge >= 0.3 is 0 Å². The fourth-order valence-electron chi connectivity index (χ4n) is 2.33. The average molecular weight is 230 g/mol. The normalized spacial score (nSPS) is 11.7. The zero-order valence-corrected chi connectivity index (χ0v) is 11.6. The maximum atomic E-state index is 12.1. The van der Waals surface area contributed by atoms with E-state index >= 15 is 0 Å². The zero-order chi connectivity index (χ0) is 13.0. The van der Waals surface area contributed by atoms with E-state index in [-0.39, 0.29) is 5.78 Å². The van der Waals surface area contributed by atoms with Crippen LogP contribution in [0.15, 0.2) is 23.8 Å². The molecule has 0 aliphatic carbocycles. The van der Waals surface area contributed by atoms with E-state index in [1.165, 1.54) is 22.3 Å². The van der Waals surface area contributed by atoms with Crippen molar-refractivity contribution in [2.24, 2.45) is 0 Å². The highest BCUT2D eigenvalue weighted by Gasteiger charge is 2.11. The van der Waals surface area contributed by atoms with Gasteiger partial charge in [-0.2, -0.15) is 0 Å². The molecule has 0 heterocycles. The number of carbonyl (C=O) groups excluding carboxylic acids is 1. The number of aryl methyl sites for hydroxylation is 3. The van der Waals surface area contributed by atoms with Gasteiger partial charge in [0.05, 0.1) is 0 Å². The van der Waals surface area contributed by atoms with Crippen molar-refractivity contribution in [1.29, 1.82) is 0 Å². The SMILES string of the molecule is CC=C(CC)C(=O)Cc1c(C)cc(C)cc1C. The third-order valence-corrected chi connectivity index (χ3v) is 3.27. The first kappa shape index (κ1) is 13.7. The van der Waals surface area contributed by atoms with Crippen LogP contribution in [0, 0.1) is 20.8 Å². The van der Waals surface area contributed by atoms with E-state index in [4.69, 9.17) is 0 Å². The van der Waals surface area contributed by atoms with Gasteiger partial charge in [-0.05, 0) is 56.4 Å². The highest BCUT2D eigenvalue weighted by molar-refractivity contribution is 5.97. The lowest BCUT2D eigenvalue weighted by Crippen LogP contribution is -2.08. The molecule has 0 bridgehead atoms. The lowest BCUT2D eigenvalue weighted by Gasteiger charge is -2.11. The van der Waals surface area contributed by atoms with Crippen LogP contribution in [0.5, 0.6) is 0 Å². The molecule has 1 heteroatoms. The minimum Gasteiger partial charge on any atom is -0.294 e. The molecule has 1 rings (SSSR count). The monoisotopic (exact) mass is 230 g/mol. The molecule has 0 radical (unpaired) electrons. The molecular weight excluding hydrogens is 208 g/mol. The van der Waals surface area contributed by atoms with Gasteiger partial charge < -0.3 is 0 Å². The van der Waals surface area contributed by atoms with E-state index in [2.05, 4.69) is 32.9 Å². The Morgan fingerprint density at radius 2 is 1.71 bits per heavy atom. The van der Waals surface area contributed by atoms with Crippen molar-refractivity contribution in [2.75, 3.05) is 0 Å². The molecular formula is C16H22O. The molecule has 0 amide bonds. The lowest BCUT2D eigenvalue weighted by atomic mass is 9.93. The second-order valence-corrected chi connectivity index (χ2v) is 4.64. The van der Waals surface area contributed by atoms with Crippen LogP contribution in [-0.2, 0) is 11.2 Å². The van der Waals surface area contributed by atoms with Crippen LogP contribution in [0.4, 0.5) is 0 Å². The second kappa shape index (κ2) is 5.81. The Labute approximate surface area is 105 Å². The zero-order valence-electron chi connectivity index (χ0n) is 11.6. The van der Waals surface area contributed by atoms with Crippen LogP contribution >= 0.6 is 0 Å². The Kier molecular flexibility index (Phi) is 4.68. The predicted molar refractivity (Wildman–Crippen MR) is 73.4 cm³/mol. The van der Waals surface area contributed by atoms with Crippen LogP contribution < -0.4 is 0 Å². The van der Waals surface area contributed by atoms with Crippen LogP contribution in [0.1, 0.15) is 42.5 Å². The first-order valence-corrected chi connectivity index (χ1v) is 6.24. The van der Waals surface area contributed by atoms with Crippen LogP contribution in [0.25, 0.3) is 0 Å². The number of rotatable bonds is 4. The highest BCUT2D eigenvalue weighted by atomic mass is 16.1. The molecule has 1 nitrogen and oxygen atoms in total. The van der Waals surface area contributed by atoms with E-state index in [0.717, 1.165) is 12.0 Å². The van der Waals surface area contributed by atoms with Crippen molar-refractivity contribution >= 4 is 5.78 Å². The number of carbonyl (C=O) groups is 1. The Morgan fingerprint density at radius 3 is 2.12 bits per heavy atom. The molecule has 0 saturated heterocycles. The van der Waals surface area contributed by atoms with Crippen LogP contribution in [0.2, 0.25) is 0 Å². The van der Waals surface area contributed by atoms with Gasteiger partial charge in [0, 0.05) is 6.42 Å². The summed E-state index contributed by atoms with van der Waals surface area (Å²) in [6.45, 7) is 10.2. The summed E-state index contributed by atoms with van der Waals surface area (Å²) in [6.07, 6.45) is 3.28. The largest absolute Gasteiger partial charge is 0.294 e. The summed E-state index contributed by atoms with van der Waals surface area (Å²) >= 11 is 0. The van der Waals surface area contributed by atoms with Crippen molar-refractivity contribution in [1.82, 2.24) is 0 Å². The molecule has 0 aliphatic heterocycles. The van der Waals surface area contributed by atoms with E-state index < -0.39 is 0 Å².